The van der Waals surface area contributed by atoms with Gasteiger partial charge in [-0.3, -0.25) is 10.1 Å². The first kappa shape index (κ1) is 18.1. The number of nitrogens with one attached hydrogen (secondary N) is 1. The van der Waals surface area contributed by atoms with Gasteiger partial charge in [0.05, 0.1) is 5.69 Å². The fourth-order valence-corrected chi connectivity index (χ4v) is 2.31. The van der Waals surface area contributed by atoms with Gasteiger partial charge in [-0.05, 0) is 45.4 Å². The lowest BCUT2D eigenvalue weighted by molar-refractivity contribution is -0.121. The van der Waals surface area contributed by atoms with Crippen molar-refractivity contribution >= 4 is 23.4 Å². The number of ether oxygens (including phenoxy) is 3. The van der Waals surface area contributed by atoms with Gasteiger partial charge in [-0.2, -0.15) is 0 Å². The lowest BCUT2D eigenvalue weighted by Gasteiger charge is -2.30. The average Bonchev–Trinajstić information content (AvgIpc) is 2.47. The fourth-order valence-electron chi connectivity index (χ4n) is 2.31. The van der Waals surface area contributed by atoms with Crippen LogP contribution >= 0.6 is 0 Å². The van der Waals surface area contributed by atoms with E-state index in [-0.39, 0.29) is 12.5 Å². The number of hydrogen-bond donors (Lipinski definition) is 1. The first-order chi connectivity index (χ1) is 11.3. The Morgan fingerprint density at radius 2 is 2.12 bits per heavy atom. The van der Waals surface area contributed by atoms with Crippen molar-refractivity contribution in [3.63, 3.8) is 0 Å². The van der Waals surface area contributed by atoms with Gasteiger partial charge < -0.3 is 19.1 Å². The maximum Gasteiger partial charge on any atom is 0.412 e. The van der Waals surface area contributed by atoms with Crippen LogP contribution in [0.1, 0.15) is 27.2 Å². The molecule has 0 saturated carbocycles. The number of carbonyl (C=O) groups excluding carboxylic acids is 2. The molecular formula is C17H24N2O5. The molecule has 0 atom stereocenters. The van der Waals surface area contributed by atoms with E-state index in [0.29, 0.717) is 36.7 Å². The molecule has 0 aliphatic carbocycles. The third-order valence-corrected chi connectivity index (χ3v) is 3.28. The first-order valence-corrected chi connectivity index (χ1v) is 7.86. The van der Waals surface area contributed by atoms with E-state index in [0.717, 1.165) is 0 Å². The average molecular weight is 336 g/mol. The van der Waals surface area contributed by atoms with Crippen molar-refractivity contribution in [2.45, 2.75) is 32.8 Å². The smallest absolute Gasteiger partial charge is 0.412 e. The van der Waals surface area contributed by atoms with Gasteiger partial charge in [-0.25, -0.2) is 4.79 Å². The summed E-state index contributed by atoms with van der Waals surface area (Å²) in [6, 6.07) is 5.16. The highest BCUT2D eigenvalue weighted by atomic mass is 16.6. The minimum absolute atomic E-state index is 0.0127. The van der Waals surface area contributed by atoms with E-state index in [1.807, 2.05) is 0 Å². The van der Waals surface area contributed by atoms with Crippen molar-refractivity contribution in [1.82, 2.24) is 0 Å². The molecule has 0 radical (unpaired) electrons. The second-order valence-corrected chi connectivity index (χ2v) is 6.49. The molecule has 0 fully saturated rings. The molecule has 1 aromatic rings. The predicted molar refractivity (Wildman–Crippen MR) is 90.6 cm³/mol. The molecule has 0 bridgehead atoms. The predicted octanol–water partition coefficient (Wildman–Crippen LogP) is 2.80. The highest BCUT2D eigenvalue weighted by molar-refractivity contribution is 5.99. The van der Waals surface area contributed by atoms with Gasteiger partial charge >= 0.3 is 6.09 Å². The van der Waals surface area contributed by atoms with Crippen molar-refractivity contribution < 1.29 is 23.8 Å². The van der Waals surface area contributed by atoms with Crippen LogP contribution in [0.25, 0.3) is 0 Å². The molecule has 1 aromatic carbocycles. The molecule has 24 heavy (non-hydrogen) atoms. The van der Waals surface area contributed by atoms with Crippen LogP contribution in [0.5, 0.6) is 5.75 Å². The largest absolute Gasteiger partial charge is 0.482 e. The normalized spacial score (nSPS) is 14.0. The number of amides is 2. The highest BCUT2D eigenvalue weighted by Crippen LogP contribution is 2.34. The Morgan fingerprint density at radius 3 is 2.79 bits per heavy atom. The minimum atomic E-state index is -0.580. The number of carbonyl (C=O) groups is 2. The summed E-state index contributed by atoms with van der Waals surface area (Å²) in [5, 5.41) is 2.67. The summed E-state index contributed by atoms with van der Waals surface area (Å²) in [7, 11) is 1.62. The quantitative estimate of drug-likeness (QED) is 0.837. The molecule has 1 N–H and O–H groups in total. The molecule has 132 valence electrons. The summed E-state index contributed by atoms with van der Waals surface area (Å²) in [4.78, 5) is 25.7. The summed E-state index contributed by atoms with van der Waals surface area (Å²) in [6.45, 7) is 6.49. The number of benzene rings is 1. The van der Waals surface area contributed by atoms with Crippen LogP contribution in [0.15, 0.2) is 18.2 Å². The van der Waals surface area contributed by atoms with Gasteiger partial charge in [0.15, 0.2) is 6.61 Å². The molecule has 7 nitrogen and oxygen atoms in total. The van der Waals surface area contributed by atoms with Gasteiger partial charge in [-0.15, -0.1) is 0 Å². The standard InChI is InChI=1S/C17H24N2O5/c1-17(2,3)24-16(21)18-12-6-7-14-13(10-12)19(8-5-9-22-4)15(20)11-23-14/h6-7,10H,5,8-9,11H2,1-4H3,(H,18,21). The van der Waals surface area contributed by atoms with Crippen molar-refractivity contribution in [1.29, 1.82) is 0 Å². The topological polar surface area (TPSA) is 77.1 Å². The molecule has 2 rings (SSSR count). The number of hydrogen-bond acceptors (Lipinski definition) is 5. The zero-order chi connectivity index (χ0) is 17.7. The van der Waals surface area contributed by atoms with Crippen molar-refractivity contribution in [3.05, 3.63) is 18.2 Å². The van der Waals surface area contributed by atoms with Crippen LogP contribution in [0.4, 0.5) is 16.2 Å². The minimum Gasteiger partial charge on any atom is -0.482 e. The van der Waals surface area contributed by atoms with Crippen LogP contribution in [0.3, 0.4) is 0 Å². The second kappa shape index (κ2) is 7.53. The lowest BCUT2D eigenvalue weighted by atomic mass is 10.2. The molecule has 2 amide bonds. The van der Waals surface area contributed by atoms with E-state index in [1.54, 1.807) is 51.0 Å². The van der Waals surface area contributed by atoms with E-state index < -0.39 is 11.7 Å². The second-order valence-electron chi connectivity index (χ2n) is 6.49. The first-order valence-electron chi connectivity index (χ1n) is 7.86. The lowest BCUT2D eigenvalue weighted by Crippen LogP contribution is -2.39. The Bertz CT molecular complexity index is 609. The highest BCUT2D eigenvalue weighted by Gasteiger charge is 2.26. The molecule has 7 heteroatoms. The fraction of sp³-hybridized carbons (Fsp3) is 0.529. The summed E-state index contributed by atoms with van der Waals surface area (Å²) in [5.41, 5.74) is 0.595. The van der Waals surface area contributed by atoms with Gasteiger partial charge in [-0.1, -0.05) is 0 Å². The Balaban J connectivity index is 2.14. The molecule has 0 saturated heterocycles. The number of methoxy groups -OCH3 is 1. The van der Waals surface area contributed by atoms with E-state index in [4.69, 9.17) is 14.2 Å². The van der Waals surface area contributed by atoms with E-state index >= 15 is 0 Å². The Morgan fingerprint density at radius 1 is 1.38 bits per heavy atom. The molecule has 0 unspecified atom stereocenters. The third kappa shape index (κ3) is 4.86. The van der Waals surface area contributed by atoms with Crippen LogP contribution in [-0.2, 0) is 14.3 Å². The van der Waals surface area contributed by atoms with Crippen LogP contribution in [-0.4, -0.2) is 44.5 Å². The molecule has 1 aliphatic rings. The maximum absolute atomic E-state index is 12.1. The van der Waals surface area contributed by atoms with Gasteiger partial charge in [0.25, 0.3) is 5.91 Å². The van der Waals surface area contributed by atoms with Crippen LogP contribution < -0.4 is 15.0 Å². The number of fused-ring (bicyclic) bond motifs is 1. The molecule has 1 heterocycles. The number of anilines is 2. The zero-order valence-corrected chi connectivity index (χ0v) is 14.5. The Kier molecular flexibility index (Phi) is 5.66. The molecule has 0 spiro atoms. The monoisotopic (exact) mass is 336 g/mol. The van der Waals surface area contributed by atoms with Gasteiger partial charge in [0.1, 0.15) is 11.4 Å². The summed E-state index contributed by atoms with van der Waals surface area (Å²) >= 11 is 0. The third-order valence-electron chi connectivity index (χ3n) is 3.28. The Hall–Kier alpha value is -2.28. The summed E-state index contributed by atoms with van der Waals surface area (Å²) < 4.78 is 15.7. The maximum atomic E-state index is 12.1. The van der Waals surface area contributed by atoms with Crippen molar-refractivity contribution in [2.75, 3.05) is 37.1 Å². The zero-order valence-electron chi connectivity index (χ0n) is 14.5. The van der Waals surface area contributed by atoms with Crippen LogP contribution in [0, 0.1) is 0 Å². The van der Waals surface area contributed by atoms with Crippen LogP contribution in [0.2, 0.25) is 0 Å². The number of nitrogens with zero attached hydrogens (tertiary/aromatic N) is 1. The summed E-state index contributed by atoms with van der Waals surface area (Å²) in [5.74, 6) is 0.495. The van der Waals surface area contributed by atoms with E-state index in [2.05, 4.69) is 5.32 Å². The van der Waals surface area contributed by atoms with E-state index in [9.17, 15) is 9.59 Å². The SMILES string of the molecule is COCCCN1C(=O)COc2ccc(NC(=O)OC(C)(C)C)cc21. The molecule has 0 aromatic heterocycles. The Labute approximate surface area is 141 Å². The van der Waals surface area contributed by atoms with Gasteiger partial charge in [0.2, 0.25) is 0 Å². The summed E-state index contributed by atoms with van der Waals surface area (Å²) in [6.07, 6.45) is 0.169. The van der Waals surface area contributed by atoms with Crippen molar-refractivity contribution in [3.8, 4) is 5.75 Å². The van der Waals surface area contributed by atoms with Crippen molar-refractivity contribution in [2.24, 2.45) is 0 Å². The molecule has 1 aliphatic heterocycles. The number of rotatable bonds is 5. The molecular weight excluding hydrogens is 312 g/mol. The van der Waals surface area contributed by atoms with E-state index in [1.165, 1.54) is 0 Å². The van der Waals surface area contributed by atoms with Gasteiger partial charge in [0, 0.05) is 25.9 Å².